The molecule has 1 aliphatic carbocycles. The van der Waals surface area contributed by atoms with Crippen molar-refractivity contribution in [2.45, 2.75) is 26.2 Å². The van der Waals surface area contributed by atoms with E-state index in [1.54, 1.807) is 12.1 Å². The van der Waals surface area contributed by atoms with E-state index < -0.39 is 0 Å². The molecule has 0 aromatic heterocycles. The van der Waals surface area contributed by atoms with Crippen LogP contribution in [0.5, 0.6) is 5.75 Å². The molecule has 1 unspecified atom stereocenters. The fourth-order valence-corrected chi connectivity index (χ4v) is 2.21. The maximum Gasteiger partial charge on any atom is 0.255 e. The normalized spacial score (nSPS) is 18.6. The SMILES string of the molecule is Cc1ccc(C(=O)NCC2CC=CCC2)c(O)c1. The summed E-state index contributed by atoms with van der Waals surface area (Å²) in [7, 11) is 0. The first kappa shape index (κ1) is 12.7. The summed E-state index contributed by atoms with van der Waals surface area (Å²) in [5.41, 5.74) is 1.30. The van der Waals surface area contributed by atoms with Crippen molar-refractivity contribution in [3.05, 3.63) is 41.5 Å². The Labute approximate surface area is 108 Å². The quantitative estimate of drug-likeness (QED) is 0.804. The second kappa shape index (κ2) is 5.71. The lowest BCUT2D eigenvalue weighted by molar-refractivity contribution is 0.0943. The van der Waals surface area contributed by atoms with Gasteiger partial charge in [0.2, 0.25) is 0 Å². The Bertz CT molecular complexity index is 466. The van der Waals surface area contributed by atoms with Crippen LogP contribution in [-0.2, 0) is 0 Å². The van der Waals surface area contributed by atoms with Crippen molar-refractivity contribution in [1.82, 2.24) is 5.32 Å². The third-order valence-electron chi connectivity index (χ3n) is 3.33. The summed E-state index contributed by atoms with van der Waals surface area (Å²) in [5.74, 6) is 0.379. The molecule has 3 nitrogen and oxygen atoms in total. The first-order valence-corrected chi connectivity index (χ1v) is 6.39. The standard InChI is InChI=1S/C15H19NO2/c1-11-7-8-13(14(17)9-11)15(18)16-10-12-5-3-2-4-6-12/h2-3,7-9,12,17H,4-6,10H2,1H3,(H,16,18). The Balaban J connectivity index is 1.93. The fourth-order valence-electron chi connectivity index (χ4n) is 2.21. The predicted molar refractivity (Wildman–Crippen MR) is 71.7 cm³/mol. The van der Waals surface area contributed by atoms with E-state index in [0.717, 1.165) is 24.8 Å². The van der Waals surface area contributed by atoms with Gasteiger partial charge in [0.15, 0.2) is 0 Å². The molecule has 1 aromatic rings. The van der Waals surface area contributed by atoms with Crippen LogP contribution >= 0.6 is 0 Å². The largest absolute Gasteiger partial charge is 0.507 e. The lowest BCUT2D eigenvalue weighted by atomic mass is 9.94. The van der Waals surface area contributed by atoms with E-state index in [-0.39, 0.29) is 11.7 Å². The smallest absolute Gasteiger partial charge is 0.255 e. The van der Waals surface area contributed by atoms with Crippen LogP contribution < -0.4 is 5.32 Å². The topological polar surface area (TPSA) is 49.3 Å². The molecular weight excluding hydrogens is 226 g/mol. The highest BCUT2D eigenvalue weighted by Gasteiger charge is 2.14. The summed E-state index contributed by atoms with van der Waals surface area (Å²) in [6.45, 7) is 2.56. The van der Waals surface area contributed by atoms with Crippen LogP contribution in [0.4, 0.5) is 0 Å². The van der Waals surface area contributed by atoms with Crippen LogP contribution in [0, 0.1) is 12.8 Å². The number of nitrogens with one attached hydrogen (secondary N) is 1. The minimum absolute atomic E-state index is 0.0519. The molecule has 0 heterocycles. The summed E-state index contributed by atoms with van der Waals surface area (Å²) in [6, 6.07) is 5.11. The van der Waals surface area contributed by atoms with Crippen molar-refractivity contribution in [3.63, 3.8) is 0 Å². The Hall–Kier alpha value is -1.77. The lowest BCUT2D eigenvalue weighted by Crippen LogP contribution is -2.29. The van der Waals surface area contributed by atoms with Crippen molar-refractivity contribution in [1.29, 1.82) is 0 Å². The highest BCUT2D eigenvalue weighted by molar-refractivity contribution is 5.96. The molecule has 2 rings (SSSR count). The zero-order chi connectivity index (χ0) is 13.0. The Morgan fingerprint density at radius 1 is 1.44 bits per heavy atom. The molecule has 2 N–H and O–H groups in total. The molecule has 96 valence electrons. The minimum atomic E-state index is -0.193. The number of benzene rings is 1. The molecule has 0 fully saturated rings. The van der Waals surface area contributed by atoms with Gasteiger partial charge in [0.1, 0.15) is 5.75 Å². The predicted octanol–water partition coefficient (Wildman–Crippen LogP) is 2.79. The first-order valence-electron chi connectivity index (χ1n) is 6.39. The minimum Gasteiger partial charge on any atom is -0.507 e. The number of carbonyl (C=O) groups excluding carboxylic acids is 1. The third-order valence-corrected chi connectivity index (χ3v) is 3.33. The van der Waals surface area contributed by atoms with Crippen molar-refractivity contribution < 1.29 is 9.90 Å². The van der Waals surface area contributed by atoms with Crippen LogP contribution in [0.1, 0.15) is 35.2 Å². The molecule has 0 bridgehead atoms. The van der Waals surface area contributed by atoms with Crippen molar-refractivity contribution in [2.24, 2.45) is 5.92 Å². The number of phenols is 1. The number of hydrogen-bond acceptors (Lipinski definition) is 2. The molecular formula is C15H19NO2. The molecule has 0 spiro atoms. The average molecular weight is 245 g/mol. The molecule has 1 atom stereocenters. The maximum absolute atomic E-state index is 11.9. The lowest BCUT2D eigenvalue weighted by Gasteiger charge is -2.18. The molecule has 18 heavy (non-hydrogen) atoms. The van der Waals surface area contributed by atoms with Gasteiger partial charge < -0.3 is 10.4 Å². The van der Waals surface area contributed by atoms with Gasteiger partial charge >= 0.3 is 0 Å². The number of allylic oxidation sites excluding steroid dienone is 2. The number of aryl methyl sites for hydroxylation is 1. The second-order valence-corrected chi connectivity index (χ2v) is 4.88. The van der Waals surface area contributed by atoms with E-state index >= 15 is 0 Å². The van der Waals surface area contributed by atoms with Crippen LogP contribution in [0.25, 0.3) is 0 Å². The first-order chi connectivity index (χ1) is 8.66. The number of rotatable bonds is 3. The Morgan fingerprint density at radius 3 is 2.94 bits per heavy atom. The van der Waals surface area contributed by atoms with Crippen LogP contribution in [-0.4, -0.2) is 17.6 Å². The van der Waals surface area contributed by atoms with Gasteiger partial charge in [0.05, 0.1) is 5.56 Å². The Kier molecular flexibility index (Phi) is 4.03. The van der Waals surface area contributed by atoms with Crippen LogP contribution in [0.3, 0.4) is 0 Å². The van der Waals surface area contributed by atoms with Gasteiger partial charge in [0.25, 0.3) is 5.91 Å². The van der Waals surface area contributed by atoms with Crippen LogP contribution in [0.2, 0.25) is 0 Å². The molecule has 1 aromatic carbocycles. The van der Waals surface area contributed by atoms with E-state index in [9.17, 15) is 9.90 Å². The maximum atomic E-state index is 11.9. The van der Waals surface area contributed by atoms with Crippen molar-refractivity contribution >= 4 is 5.91 Å². The number of amides is 1. The number of carbonyl (C=O) groups is 1. The molecule has 0 saturated heterocycles. The van der Waals surface area contributed by atoms with Crippen LogP contribution in [0.15, 0.2) is 30.4 Å². The van der Waals surface area contributed by atoms with Gasteiger partial charge in [-0.1, -0.05) is 18.2 Å². The highest BCUT2D eigenvalue weighted by Crippen LogP contribution is 2.20. The molecule has 0 aliphatic heterocycles. The summed E-state index contributed by atoms with van der Waals surface area (Å²) in [4.78, 5) is 11.9. The zero-order valence-corrected chi connectivity index (χ0v) is 10.6. The van der Waals surface area contributed by atoms with Crippen molar-refractivity contribution in [3.8, 4) is 5.75 Å². The second-order valence-electron chi connectivity index (χ2n) is 4.88. The molecule has 1 aliphatic rings. The fraction of sp³-hybridized carbons (Fsp3) is 0.400. The zero-order valence-electron chi connectivity index (χ0n) is 10.6. The Morgan fingerprint density at radius 2 is 2.28 bits per heavy atom. The van der Waals surface area contributed by atoms with Gasteiger partial charge in [-0.15, -0.1) is 0 Å². The molecule has 0 saturated carbocycles. The molecule has 1 amide bonds. The van der Waals surface area contributed by atoms with E-state index in [4.69, 9.17) is 0 Å². The van der Waals surface area contributed by atoms with Gasteiger partial charge in [-0.05, 0) is 49.8 Å². The summed E-state index contributed by atoms with van der Waals surface area (Å²) < 4.78 is 0. The van der Waals surface area contributed by atoms with Gasteiger partial charge in [-0.3, -0.25) is 4.79 Å². The third kappa shape index (κ3) is 3.13. The molecule has 3 heteroatoms. The number of hydrogen-bond donors (Lipinski definition) is 2. The number of phenolic OH excluding ortho intramolecular Hbond substituents is 1. The highest BCUT2D eigenvalue weighted by atomic mass is 16.3. The van der Waals surface area contributed by atoms with E-state index in [0.29, 0.717) is 18.0 Å². The summed E-state index contributed by atoms with van der Waals surface area (Å²) >= 11 is 0. The van der Waals surface area contributed by atoms with Crippen molar-refractivity contribution in [2.75, 3.05) is 6.54 Å². The monoisotopic (exact) mass is 245 g/mol. The van der Waals surface area contributed by atoms with E-state index in [1.165, 1.54) is 0 Å². The summed E-state index contributed by atoms with van der Waals surface area (Å²) in [6.07, 6.45) is 7.60. The summed E-state index contributed by atoms with van der Waals surface area (Å²) in [5, 5.41) is 12.6. The molecule has 0 radical (unpaired) electrons. The average Bonchev–Trinajstić information content (AvgIpc) is 2.37. The number of aromatic hydroxyl groups is 1. The van der Waals surface area contributed by atoms with E-state index in [1.807, 2.05) is 13.0 Å². The van der Waals surface area contributed by atoms with Gasteiger partial charge in [-0.2, -0.15) is 0 Å². The van der Waals surface area contributed by atoms with E-state index in [2.05, 4.69) is 17.5 Å². The van der Waals surface area contributed by atoms with Gasteiger partial charge in [-0.25, -0.2) is 0 Å². The van der Waals surface area contributed by atoms with Gasteiger partial charge in [0, 0.05) is 6.54 Å².